The van der Waals surface area contributed by atoms with Crippen molar-refractivity contribution in [1.82, 2.24) is 4.90 Å². The first-order valence-corrected chi connectivity index (χ1v) is 5.27. The molecule has 1 unspecified atom stereocenters. The molecule has 0 heterocycles. The summed E-state index contributed by atoms with van der Waals surface area (Å²) in [6, 6.07) is 1.43. The van der Waals surface area contributed by atoms with Gasteiger partial charge in [-0.25, -0.2) is 0 Å². The Bertz CT molecular complexity index is 232. The maximum Gasteiger partial charge on any atom is 0.0606 e. The summed E-state index contributed by atoms with van der Waals surface area (Å²) in [7, 11) is 0. The van der Waals surface area contributed by atoms with Crippen molar-refractivity contribution in [2.75, 3.05) is 6.54 Å². The van der Waals surface area contributed by atoms with Crippen molar-refractivity contribution in [3.63, 3.8) is 0 Å². The molecule has 0 aromatic carbocycles. The lowest BCUT2D eigenvalue weighted by Crippen LogP contribution is -2.36. The van der Waals surface area contributed by atoms with Gasteiger partial charge in [-0.2, -0.15) is 0 Å². The molecule has 0 aliphatic heterocycles. The molecule has 0 saturated heterocycles. The first-order chi connectivity index (χ1) is 6.42. The Kier molecular flexibility index (Phi) is 2.71. The highest BCUT2D eigenvalue weighted by Crippen LogP contribution is 2.31. The van der Waals surface area contributed by atoms with Crippen LogP contribution in [-0.4, -0.2) is 23.5 Å². The molecule has 1 saturated carbocycles. The Labute approximate surface area is 80.8 Å². The molecule has 70 valence electrons. The van der Waals surface area contributed by atoms with Gasteiger partial charge in [0.1, 0.15) is 0 Å². The second kappa shape index (κ2) is 3.98. The molecule has 1 heteroatoms. The molecule has 2 aliphatic carbocycles. The van der Waals surface area contributed by atoms with Gasteiger partial charge in [-0.05, 0) is 32.1 Å². The third kappa shape index (κ3) is 2.14. The second-order valence-electron chi connectivity index (χ2n) is 4.03. The largest absolute Gasteiger partial charge is 0.283 e. The highest BCUT2D eigenvalue weighted by Gasteiger charge is 2.32. The molecular weight excluding hydrogens is 158 g/mol. The zero-order chi connectivity index (χ0) is 9.10. The average molecular weight is 175 g/mol. The zero-order valence-electron chi connectivity index (χ0n) is 8.08. The van der Waals surface area contributed by atoms with E-state index in [2.05, 4.69) is 23.0 Å². The van der Waals surface area contributed by atoms with Crippen molar-refractivity contribution < 1.29 is 0 Å². The van der Waals surface area contributed by atoms with Crippen molar-refractivity contribution in [3.05, 3.63) is 12.2 Å². The van der Waals surface area contributed by atoms with Crippen molar-refractivity contribution >= 4 is 0 Å². The van der Waals surface area contributed by atoms with E-state index in [1.54, 1.807) is 0 Å². The standard InChI is InChI=1S/C12H17N/c1-2-10-13(12-8-9-12)11-6-4-3-5-7-11/h1,4,6,11-12H,3,5,7-10H2. The fourth-order valence-electron chi connectivity index (χ4n) is 2.10. The Balaban J connectivity index is 1.97. The van der Waals surface area contributed by atoms with Gasteiger partial charge in [-0.15, -0.1) is 6.42 Å². The molecule has 13 heavy (non-hydrogen) atoms. The maximum absolute atomic E-state index is 5.39. The SMILES string of the molecule is C#CCN(C1C=CCCC1)C1CC1. The van der Waals surface area contributed by atoms with Gasteiger partial charge in [0.2, 0.25) is 0 Å². The smallest absolute Gasteiger partial charge is 0.0606 e. The van der Waals surface area contributed by atoms with Gasteiger partial charge in [-0.1, -0.05) is 18.1 Å². The fourth-order valence-corrected chi connectivity index (χ4v) is 2.10. The van der Waals surface area contributed by atoms with Crippen molar-refractivity contribution in [1.29, 1.82) is 0 Å². The van der Waals surface area contributed by atoms with E-state index in [1.807, 2.05) is 0 Å². The molecule has 2 rings (SSSR count). The van der Waals surface area contributed by atoms with Crippen LogP contribution in [0.15, 0.2) is 12.2 Å². The predicted octanol–water partition coefficient (Wildman–Crippen LogP) is 2.19. The van der Waals surface area contributed by atoms with Gasteiger partial charge >= 0.3 is 0 Å². The van der Waals surface area contributed by atoms with Crippen LogP contribution >= 0.6 is 0 Å². The van der Waals surface area contributed by atoms with E-state index in [-0.39, 0.29) is 0 Å². The highest BCUT2D eigenvalue weighted by molar-refractivity contribution is 5.05. The van der Waals surface area contributed by atoms with Crippen LogP contribution in [-0.2, 0) is 0 Å². The minimum absolute atomic E-state index is 0.636. The third-order valence-electron chi connectivity index (χ3n) is 2.94. The summed E-state index contributed by atoms with van der Waals surface area (Å²) >= 11 is 0. The topological polar surface area (TPSA) is 3.24 Å². The minimum Gasteiger partial charge on any atom is -0.283 e. The molecule has 0 N–H and O–H groups in total. The number of allylic oxidation sites excluding steroid dienone is 1. The molecule has 1 atom stereocenters. The molecule has 1 nitrogen and oxygen atoms in total. The summed E-state index contributed by atoms with van der Waals surface area (Å²) in [5.74, 6) is 2.78. The van der Waals surface area contributed by atoms with Crippen LogP contribution in [0.4, 0.5) is 0 Å². The quantitative estimate of drug-likeness (QED) is 0.469. The number of nitrogens with zero attached hydrogens (tertiary/aromatic N) is 1. The van der Waals surface area contributed by atoms with E-state index in [1.165, 1.54) is 32.1 Å². The number of rotatable bonds is 3. The van der Waals surface area contributed by atoms with Gasteiger partial charge in [0.25, 0.3) is 0 Å². The van der Waals surface area contributed by atoms with E-state index in [0.717, 1.165) is 12.6 Å². The molecule has 1 fully saturated rings. The molecule has 0 aromatic heterocycles. The normalized spacial score (nSPS) is 27.5. The molecule has 0 amide bonds. The van der Waals surface area contributed by atoms with Gasteiger partial charge in [0.15, 0.2) is 0 Å². The summed E-state index contributed by atoms with van der Waals surface area (Å²) in [4.78, 5) is 2.50. The van der Waals surface area contributed by atoms with Crippen molar-refractivity contribution in [2.24, 2.45) is 0 Å². The average Bonchev–Trinajstić information content (AvgIpc) is 2.99. The Hall–Kier alpha value is -0.740. The molecule has 0 spiro atoms. The molecule has 0 aromatic rings. The van der Waals surface area contributed by atoms with Crippen LogP contribution in [0.3, 0.4) is 0 Å². The van der Waals surface area contributed by atoms with Gasteiger partial charge in [0.05, 0.1) is 6.54 Å². The first kappa shape index (κ1) is 8.84. The lowest BCUT2D eigenvalue weighted by Gasteiger charge is -2.29. The molecule has 0 radical (unpaired) electrons. The number of hydrogen-bond donors (Lipinski definition) is 0. The summed E-state index contributed by atoms with van der Waals surface area (Å²) in [6.45, 7) is 0.833. The predicted molar refractivity (Wildman–Crippen MR) is 55.3 cm³/mol. The first-order valence-electron chi connectivity index (χ1n) is 5.27. The minimum atomic E-state index is 0.636. The third-order valence-corrected chi connectivity index (χ3v) is 2.94. The van der Waals surface area contributed by atoms with E-state index in [4.69, 9.17) is 6.42 Å². The van der Waals surface area contributed by atoms with E-state index in [0.29, 0.717) is 6.04 Å². The Morgan fingerprint density at radius 1 is 1.38 bits per heavy atom. The van der Waals surface area contributed by atoms with E-state index in [9.17, 15) is 0 Å². The van der Waals surface area contributed by atoms with Crippen molar-refractivity contribution in [3.8, 4) is 12.3 Å². The monoisotopic (exact) mass is 175 g/mol. The van der Waals surface area contributed by atoms with Crippen molar-refractivity contribution in [2.45, 2.75) is 44.2 Å². The summed E-state index contributed by atoms with van der Waals surface area (Å²) in [6.07, 6.45) is 16.6. The van der Waals surface area contributed by atoms with Gasteiger partial charge in [-0.3, -0.25) is 4.90 Å². The van der Waals surface area contributed by atoms with Crippen LogP contribution in [0, 0.1) is 12.3 Å². The summed E-state index contributed by atoms with van der Waals surface area (Å²) < 4.78 is 0. The van der Waals surface area contributed by atoms with Crippen LogP contribution in [0.5, 0.6) is 0 Å². The van der Waals surface area contributed by atoms with Crippen LogP contribution in [0.1, 0.15) is 32.1 Å². The van der Waals surface area contributed by atoms with Gasteiger partial charge < -0.3 is 0 Å². The lowest BCUT2D eigenvalue weighted by molar-refractivity contribution is 0.229. The van der Waals surface area contributed by atoms with Crippen LogP contribution < -0.4 is 0 Å². The number of hydrogen-bond acceptors (Lipinski definition) is 1. The van der Waals surface area contributed by atoms with Crippen LogP contribution in [0.25, 0.3) is 0 Å². The fraction of sp³-hybridized carbons (Fsp3) is 0.667. The zero-order valence-corrected chi connectivity index (χ0v) is 8.08. The van der Waals surface area contributed by atoms with E-state index >= 15 is 0 Å². The number of terminal acetylenes is 1. The molecule has 2 aliphatic rings. The molecule has 0 bridgehead atoms. The second-order valence-corrected chi connectivity index (χ2v) is 4.03. The maximum atomic E-state index is 5.39. The van der Waals surface area contributed by atoms with Crippen LogP contribution in [0.2, 0.25) is 0 Å². The Morgan fingerprint density at radius 3 is 2.77 bits per heavy atom. The van der Waals surface area contributed by atoms with E-state index < -0.39 is 0 Å². The highest BCUT2D eigenvalue weighted by atomic mass is 15.2. The Morgan fingerprint density at radius 2 is 2.23 bits per heavy atom. The molecular formula is C12H17N. The van der Waals surface area contributed by atoms with Gasteiger partial charge in [0, 0.05) is 12.1 Å². The lowest BCUT2D eigenvalue weighted by atomic mass is 10.0. The summed E-state index contributed by atoms with van der Waals surface area (Å²) in [5.41, 5.74) is 0. The summed E-state index contributed by atoms with van der Waals surface area (Å²) in [5, 5.41) is 0.